The van der Waals surface area contributed by atoms with Gasteiger partial charge in [0.25, 0.3) is 0 Å². The fourth-order valence-corrected chi connectivity index (χ4v) is 2.30. The Balaban J connectivity index is 2.34. The van der Waals surface area contributed by atoms with Crippen LogP contribution in [0.5, 0.6) is 0 Å². The zero-order valence-corrected chi connectivity index (χ0v) is 11.7. The summed E-state index contributed by atoms with van der Waals surface area (Å²) >= 11 is 6.74. The first-order chi connectivity index (χ1) is 8.47. The predicted octanol–water partition coefficient (Wildman–Crippen LogP) is 3.74. The molecule has 6 heteroatoms. The van der Waals surface area contributed by atoms with Gasteiger partial charge < -0.3 is 0 Å². The monoisotopic (exact) mass is 283 g/mol. The van der Waals surface area contributed by atoms with Gasteiger partial charge in [0.15, 0.2) is 11.0 Å². The lowest BCUT2D eigenvalue weighted by Gasteiger charge is -2.06. The molecule has 2 heterocycles. The zero-order valence-electron chi connectivity index (χ0n) is 10.2. The maximum atomic E-state index is 13.6. The molecule has 2 aromatic rings. The first-order valence-electron chi connectivity index (χ1n) is 5.28. The molecule has 2 rings (SSSR count). The largest absolute Gasteiger partial charge is 0.245 e. The van der Waals surface area contributed by atoms with E-state index in [1.807, 2.05) is 20.8 Å². The third-order valence-corrected chi connectivity index (χ3v) is 3.64. The average Bonchev–Trinajstić information content (AvgIpc) is 2.29. The summed E-state index contributed by atoms with van der Waals surface area (Å²) in [6.07, 6.45) is 1.40. The van der Waals surface area contributed by atoms with Crippen LogP contribution < -0.4 is 0 Å². The van der Waals surface area contributed by atoms with Crippen LogP contribution in [0.15, 0.2) is 22.4 Å². The fourth-order valence-electron chi connectivity index (χ4n) is 1.35. The molecule has 0 amide bonds. The summed E-state index contributed by atoms with van der Waals surface area (Å²) in [5.74, 6) is -0.466. The number of aromatic nitrogens is 3. The van der Waals surface area contributed by atoms with Crippen molar-refractivity contribution in [3.63, 3.8) is 0 Å². The molecular formula is C12H11ClFN3S. The van der Waals surface area contributed by atoms with Gasteiger partial charge in [0.1, 0.15) is 5.03 Å². The molecule has 3 nitrogen and oxygen atoms in total. The van der Waals surface area contributed by atoms with Gasteiger partial charge in [0, 0.05) is 17.6 Å². The van der Waals surface area contributed by atoms with E-state index in [9.17, 15) is 4.39 Å². The van der Waals surface area contributed by atoms with Crippen LogP contribution in [-0.4, -0.2) is 15.0 Å². The maximum absolute atomic E-state index is 13.6. The number of hydrogen-bond acceptors (Lipinski definition) is 4. The normalized spacial score (nSPS) is 10.7. The summed E-state index contributed by atoms with van der Waals surface area (Å²) in [5, 5.41) is 0.986. The van der Waals surface area contributed by atoms with Crippen LogP contribution in [0.4, 0.5) is 4.39 Å². The second-order valence-corrected chi connectivity index (χ2v) is 5.24. The van der Waals surface area contributed by atoms with E-state index in [1.165, 1.54) is 12.3 Å². The highest BCUT2D eigenvalue weighted by atomic mass is 35.5. The van der Waals surface area contributed by atoms with Crippen LogP contribution in [0.2, 0.25) is 5.02 Å². The molecule has 0 aliphatic carbocycles. The van der Waals surface area contributed by atoms with Crippen molar-refractivity contribution >= 4 is 23.4 Å². The van der Waals surface area contributed by atoms with Gasteiger partial charge in [-0.25, -0.2) is 19.3 Å². The minimum atomic E-state index is -0.466. The summed E-state index contributed by atoms with van der Waals surface area (Å²) in [6, 6.07) is 1.23. The van der Waals surface area contributed by atoms with Gasteiger partial charge >= 0.3 is 0 Å². The molecule has 0 spiro atoms. The lowest BCUT2D eigenvalue weighted by Crippen LogP contribution is -1.98. The summed E-state index contributed by atoms with van der Waals surface area (Å²) in [7, 11) is 0. The van der Waals surface area contributed by atoms with E-state index in [4.69, 9.17) is 11.6 Å². The van der Waals surface area contributed by atoms with Crippen LogP contribution >= 0.6 is 23.4 Å². The summed E-state index contributed by atoms with van der Waals surface area (Å²) in [4.78, 5) is 12.5. The molecule has 0 aliphatic rings. The molecule has 0 aromatic carbocycles. The van der Waals surface area contributed by atoms with Crippen molar-refractivity contribution in [3.05, 3.63) is 40.1 Å². The molecular weight excluding hydrogens is 273 g/mol. The summed E-state index contributed by atoms with van der Waals surface area (Å²) in [5.41, 5.74) is 2.82. The quantitative estimate of drug-likeness (QED) is 0.787. The summed E-state index contributed by atoms with van der Waals surface area (Å²) < 4.78 is 13.6. The molecule has 0 radical (unpaired) electrons. The lowest BCUT2D eigenvalue weighted by molar-refractivity contribution is 0.587. The topological polar surface area (TPSA) is 38.7 Å². The number of nitrogens with zero attached hydrogens (tertiary/aromatic N) is 3. The molecule has 0 unspecified atom stereocenters. The molecule has 0 saturated heterocycles. The van der Waals surface area contributed by atoms with Crippen molar-refractivity contribution in [2.24, 2.45) is 0 Å². The van der Waals surface area contributed by atoms with Crippen LogP contribution in [0, 0.1) is 26.6 Å². The van der Waals surface area contributed by atoms with Crippen molar-refractivity contribution < 1.29 is 4.39 Å². The first-order valence-corrected chi connectivity index (χ1v) is 6.47. The van der Waals surface area contributed by atoms with Crippen LogP contribution in [0.3, 0.4) is 0 Å². The van der Waals surface area contributed by atoms with Crippen LogP contribution in [0.25, 0.3) is 0 Å². The number of rotatable bonds is 2. The van der Waals surface area contributed by atoms with E-state index in [0.29, 0.717) is 5.16 Å². The van der Waals surface area contributed by atoms with E-state index in [2.05, 4.69) is 15.0 Å². The Morgan fingerprint density at radius 3 is 2.33 bits per heavy atom. The summed E-state index contributed by atoms with van der Waals surface area (Å²) in [6.45, 7) is 5.76. The number of hydrogen-bond donors (Lipinski definition) is 0. The van der Waals surface area contributed by atoms with E-state index < -0.39 is 5.82 Å². The molecule has 2 aromatic heterocycles. The minimum Gasteiger partial charge on any atom is -0.245 e. The number of pyridine rings is 1. The Hall–Kier alpha value is -1.20. The molecule has 0 aliphatic heterocycles. The van der Waals surface area contributed by atoms with Gasteiger partial charge in [-0.15, -0.1) is 0 Å². The van der Waals surface area contributed by atoms with Crippen LogP contribution in [-0.2, 0) is 0 Å². The second-order valence-electron chi connectivity index (χ2n) is 3.84. The first kappa shape index (κ1) is 13.2. The number of aryl methyl sites for hydroxylation is 2. The molecule has 0 saturated carbocycles. The smallest absolute Gasteiger partial charge is 0.194 e. The molecule has 0 N–H and O–H groups in total. The molecule has 18 heavy (non-hydrogen) atoms. The van der Waals surface area contributed by atoms with E-state index in [0.717, 1.165) is 28.7 Å². The SMILES string of the molecule is Cc1nc(Sc2ncc(Cl)cc2F)nc(C)c1C. The maximum Gasteiger partial charge on any atom is 0.194 e. The fraction of sp³-hybridized carbons (Fsp3) is 0.250. The second kappa shape index (κ2) is 5.20. The van der Waals surface area contributed by atoms with E-state index in [1.54, 1.807) is 0 Å². The molecule has 0 bridgehead atoms. The Labute approximate surface area is 114 Å². The van der Waals surface area contributed by atoms with Gasteiger partial charge in [-0.05, 0) is 44.2 Å². The minimum absolute atomic E-state index is 0.224. The Morgan fingerprint density at radius 1 is 1.17 bits per heavy atom. The third kappa shape index (κ3) is 2.79. The average molecular weight is 284 g/mol. The lowest BCUT2D eigenvalue weighted by atomic mass is 10.2. The van der Waals surface area contributed by atoms with E-state index >= 15 is 0 Å². The van der Waals surface area contributed by atoms with Crippen molar-refractivity contribution in [1.29, 1.82) is 0 Å². The third-order valence-electron chi connectivity index (χ3n) is 2.57. The Morgan fingerprint density at radius 2 is 1.78 bits per heavy atom. The highest BCUT2D eigenvalue weighted by Crippen LogP contribution is 2.27. The zero-order chi connectivity index (χ0) is 13.3. The molecule has 0 fully saturated rings. The van der Waals surface area contributed by atoms with Gasteiger partial charge in [-0.2, -0.15) is 0 Å². The highest BCUT2D eigenvalue weighted by Gasteiger charge is 2.11. The van der Waals surface area contributed by atoms with E-state index in [-0.39, 0.29) is 10.0 Å². The number of halogens is 2. The van der Waals surface area contributed by atoms with Crippen molar-refractivity contribution in [2.75, 3.05) is 0 Å². The Bertz CT molecular complexity index is 581. The van der Waals surface area contributed by atoms with Gasteiger partial charge in [-0.1, -0.05) is 11.6 Å². The van der Waals surface area contributed by atoms with Crippen molar-refractivity contribution in [3.8, 4) is 0 Å². The van der Waals surface area contributed by atoms with Crippen molar-refractivity contribution in [2.45, 2.75) is 31.0 Å². The Kier molecular flexibility index (Phi) is 3.82. The van der Waals surface area contributed by atoms with Gasteiger partial charge in [-0.3, -0.25) is 0 Å². The molecule has 94 valence electrons. The van der Waals surface area contributed by atoms with Gasteiger partial charge in [0.05, 0.1) is 5.02 Å². The van der Waals surface area contributed by atoms with Crippen molar-refractivity contribution in [1.82, 2.24) is 15.0 Å². The van der Waals surface area contributed by atoms with Gasteiger partial charge in [0.2, 0.25) is 0 Å². The highest BCUT2D eigenvalue weighted by molar-refractivity contribution is 7.99. The predicted molar refractivity (Wildman–Crippen MR) is 69.6 cm³/mol. The van der Waals surface area contributed by atoms with Crippen LogP contribution in [0.1, 0.15) is 17.0 Å². The standard InChI is InChI=1S/C12H11ClFN3S/c1-6-7(2)16-12(17-8(6)3)18-11-10(14)4-9(13)5-15-11/h4-5H,1-3H3. The molecule has 0 atom stereocenters.